The molecule has 0 amide bonds. The SMILES string of the molecule is CN=C(NCc1cccc(CO)c1)NC1CCc2cn(C(C)C)nc2C1.I. The average molecular weight is 483 g/mol. The van der Waals surface area contributed by atoms with Gasteiger partial charge in [-0.25, -0.2) is 0 Å². The van der Waals surface area contributed by atoms with Crippen LogP contribution < -0.4 is 10.6 Å². The average Bonchev–Trinajstić information content (AvgIpc) is 3.09. The number of hydrogen-bond acceptors (Lipinski definition) is 3. The minimum absolute atomic E-state index is 0. The molecule has 0 saturated carbocycles. The smallest absolute Gasteiger partial charge is 0.191 e. The van der Waals surface area contributed by atoms with Crippen molar-refractivity contribution in [3.05, 3.63) is 52.8 Å². The van der Waals surface area contributed by atoms with Gasteiger partial charge in [0, 0.05) is 38.3 Å². The van der Waals surface area contributed by atoms with Gasteiger partial charge in [-0.3, -0.25) is 9.67 Å². The molecule has 3 rings (SSSR count). The molecule has 1 aromatic heterocycles. The topological polar surface area (TPSA) is 74.5 Å². The molecular formula is C20H30IN5O. The predicted molar refractivity (Wildman–Crippen MR) is 120 cm³/mol. The standard InChI is InChI=1S/C20H29N5O.HI/c1-14(2)25-12-17-7-8-18(10-19(17)24-25)23-20(21-3)22-11-15-5-4-6-16(9-15)13-26;/h4-6,9,12,14,18,26H,7-8,10-11,13H2,1-3H3,(H2,21,22,23);1H. The maximum atomic E-state index is 9.25. The minimum atomic E-state index is 0. The monoisotopic (exact) mass is 483 g/mol. The summed E-state index contributed by atoms with van der Waals surface area (Å²) in [6, 6.07) is 8.68. The summed E-state index contributed by atoms with van der Waals surface area (Å²) < 4.78 is 2.06. The Bertz CT molecular complexity index is 771. The molecule has 1 aliphatic carbocycles. The number of rotatable bonds is 5. The molecule has 1 atom stereocenters. The van der Waals surface area contributed by atoms with E-state index in [-0.39, 0.29) is 30.6 Å². The first-order chi connectivity index (χ1) is 12.6. The van der Waals surface area contributed by atoms with Crippen LogP contribution in [-0.2, 0) is 26.0 Å². The van der Waals surface area contributed by atoms with E-state index in [0.29, 0.717) is 18.6 Å². The maximum Gasteiger partial charge on any atom is 0.191 e. The van der Waals surface area contributed by atoms with Gasteiger partial charge in [0.05, 0.1) is 12.3 Å². The largest absolute Gasteiger partial charge is 0.392 e. The first kappa shape index (κ1) is 21.7. The van der Waals surface area contributed by atoms with Crippen LogP contribution >= 0.6 is 24.0 Å². The second kappa shape index (κ2) is 10.1. The summed E-state index contributed by atoms with van der Waals surface area (Å²) in [5, 5.41) is 20.9. The van der Waals surface area contributed by atoms with Crippen LogP contribution in [0.1, 0.15) is 48.7 Å². The highest BCUT2D eigenvalue weighted by atomic mass is 127. The molecule has 0 saturated heterocycles. The van der Waals surface area contributed by atoms with E-state index in [1.54, 1.807) is 7.05 Å². The molecule has 1 unspecified atom stereocenters. The lowest BCUT2D eigenvalue weighted by molar-refractivity contribution is 0.281. The van der Waals surface area contributed by atoms with Crippen molar-refractivity contribution in [2.45, 2.75) is 58.3 Å². The molecule has 0 spiro atoms. The highest BCUT2D eigenvalue weighted by Gasteiger charge is 2.22. The Labute approximate surface area is 178 Å². The lowest BCUT2D eigenvalue weighted by atomic mass is 9.94. The van der Waals surface area contributed by atoms with Gasteiger partial charge in [-0.15, -0.1) is 24.0 Å². The highest BCUT2D eigenvalue weighted by Crippen LogP contribution is 2.21. The molecule has 2 aromatic rings. The van der Waals surface area contributed by atoms with Crippen molar-refractivity contribution in [3.8, 4) is 0 Å². The Morgan fingerprint density at radius 2 is 2.15 bits per heavy atom. The van der Waals surface area contributed by atoms with E-state index in [4.69, 9.17) is 5.10 Å². The van der Waals surface area contributed by atoms with Gasteiger partial charge in [-0.05, 0) is 43.4 Å². The molecule has 1 heterocycles. The van der Waals surface area contributed by atoms with Crippen molar-refractivity contribution in [2.24, 2.45) is 4.99 Å². The Morgan fingerprint density at radius 1 is 1.37 bits per heavy atom. The quantitative estimate of drug-likeness (QED) is 0.348. The van der Waals surface area contributed by atoms with Crippen molar-refractivity contribution in [3.63, 3.8) is 0 Å². The summed E-state index contributed by atoms with van der Waals surface area (Å²) >= 11 is 0. The summed E-state index contributed by atoms with van der Waals surface area (Å²) in [5.41, 5.74) is 4.63. The zero-order chi connectivity index (χ0) is 18.5. The summed E-state index contributed by atoms with van der Waals surface area (Å²) in [6.07, 6.45) is 5.25. The number of aliphatic hydroxyl groups excluding tert-OH is 1. The van der Waals surface area contributed by atoms with Gasteiger partial charge in [-0.1, -0.05) is 24.3 Å². The van der Waals surface area contributed by atoms with Crippen LogP contribution in [0.25, 0.3) is 0 Å². The third-order valence-corrected chi connectivity index (χ3v) is 4.82. The van der Waals surface area contributed by atoms with Crippen LogP contribution in [-0.4, -0.2) is 33.9 Å². The van der Waals surface area contributed by atoms with Crippen molar-refractivity contribution in [1.82, 2.24) is 20.4 Å². The maximum absolute atomic E-state index is 9.25. The predicted octanol–water partition coefficient (Wildman–Crippen LogP) is 2.80. The molecular weight excluding hydrogens is 453 g/mol. The third-order valence-electron chi connectivity index (χ3n) is 4.82. The van der Waals surface area contributed by atoms with Crippen molar-refractivity contribution < 1.29 is 5.11 Å². The molecule has 1 aromatic carbocycles. The molecule has 0 aliphatic heterocycles. The third kappa shape index (κ3) is 5.68. The van der Waals surface area contributed by atoms with Gasteiger partial charge in [0.25, 0.3) is 0 Å². The van der Waals surface area contributed by atoms with E-state index < -0.39 is 0 Å². The van der Waals surface area contributed by atoms with Crippen LogP contribution in [0, 0.1) is 0 Å². The van der Waals surface area contributed by atoms with E-state index in [9.17, 15) is 5.11 Å². The van der Waals surface area contributed by atoms with Gasteiger partial charge in [0.2, 0.25) is 0 Å². The number of aromatic nitrogens is 2. The molecule has 0 fully saturated rings. The number of benzene rings is 1. The van der Waals surface area contributed by atoms with E-state index in [1.165, 1.54) is 11.3 Å². The molecule has 3 N–H and O–H groups in total. The van der Waals surface area contributed by atoms with E-state index in [0.717, 1.165) is 36.3 Å². The molecule has 27 heavy (non-hydrogen) atoms. The fourth-order valence-electron chi connectivity index (χ4n) is 3.31. The van der Waals surface area contributed by atoms with Crippen LogP contribution in [0.3, 0.4) is 0 Å². The van der Waals surface area contributed by atoms with Gasteiger partial charge >= 0.3 is 0 Å². The summed E-state index contributed by atoms with van der Waals surface area (Å²) in [7, 11) is 1.79. The van der Waals surface area contributed by atoms with Crippen molar-refractivity contribution in [2.75, 3.05) is 7.05 Å². The number of aryl methyl sites for hydroxylation is 1. The Hall–Kier alpha value is -1.61. The lowest BCUT2D eigenvalue weighted by Crippen LogP contribution is -2.45. The normalized spacial score (nSPS) is 16.6. The van der Waals surface area contributed by atoms with E-state index in [1.807, 2.05) is 24.3 Å². The molecule has 0 radical (unpaired) electrons. The highest BCUT2D eigenvalue weighted by molar-refractivity contribution is 14.0. The minimum Gasteiger partial charge on any atom is -0.392 e. The van der Waals surface area contributed by atoms with Gasteiger partial charge in [0.15, 0.2) is 5.96 Å². The zero-order valence-electron chi connectivity index (χ0n) is 16.3. The Kier molecular flexibility index (Phi) is 8.09. The summed E-state index contributed by atoms with van der Waals surface area (Å²) in [5.74, 6) is 0.802. The Morgan fingerprint density at radius 3 is 2.85 bits per heavy atom. The number of nitrogens with zero attached hydrogens (tertiary/aromatic N) is 3. The molecule has 1 aliphatic rings. The van der Waals surface area contributed by atoms with Crippen LogP contribution in [0.5, 0.6) is 0 Å². The van der Waals surface area contributed by atoms with Crippen molar-refractivity contribution >= 4 is 29.9 Å². The number of aliphatic hydroxyl groups is 1. The first-order valence-electron chi connectivity index (χ1n) is 9.31. The number of hydrogen-bond donors (Lipinski definition) is 3. The van der Waals surface area contributed by atoms with Gasteiger partial charge in [-0.2, -0.15) is 5.10 Å². The van der Waals surface area contributed by atoms with E-state index >= 15 is 0 Å². The zero-order valence-corrected chi connectivity index (χ0v) is 18.6. The van der Waals surface area contributed by atoms with Crippen LogP contribution in [0.15, 0.2) is 35.5 Å². The molecule has 7 heteroatoms. The second-order valence-electron chi connectivity index (χ2n) is 7.16. The van der Waals surface area contributed by atoms with Gasteiger partial charge in [0.1, 0.15) is 0 Å². The Balaban J connectivity index is 0.00000261. The first-order valence-corrected chi connectivity index (χ1v) is 9.31. The fraction of sp³-hybridized carbons (Fsp3) is 0.500. The molecule has 6 nitrogen and oxygen atoms in total. The number of aliphatic imine (C=N–C) groups is 1. The van der Waals surface area contributed by atoms with Crippen LogP contribution in [0.2, 0.25) is 0 Å². The number of halogens is 1. The summed E-state index contributed by atoms with van der Waals surface area (Å²) in [4.78, 5) is 4.35. The number of guanidine groups is 1. The fourth-order valence-corrected chi connectivity index (χ4v) is 3.31. The lowest BCUT2D eigenvalue weighted by Gasteiger charge is -2.24. The van der Waals surface area contributed by atoms with Gasteiger partial charge < -0.3 is 15.7 Å². The number of nitrogens with one attached hydrogen (secondary N) is 2. The molecule has 0 bridgehead atoms. The van der Waals surface area contributed by atoms with Crippen LogP contribution in [0.4, 0.5) is 0 Å². The van der Waals surface area contributed by atoms with Crippen molar-refractivity contribution in [1.29, 1.82) is 0 Å². The van der Waals surface area contributed by atoms with E-state index in [2.05, 4.69) is 40.4 Å². The number of fused-ring (bicyclic) bond motifs is 1. The second-order valence-corrected chi connectivity index (χ2v) is 7.16. The summed E-state index contributed by atoms with van der Waals surface area (Å²) in [6.45, 7) is 5.05. The molecule has 148 valence electrons.